The molecule has 0 fully saturated rings. The molecular weight excluding hydrogens is 538 g/mol. The maximum atomic E-state index is 13.8. The van der Waals surface area contributed by atoms with Crippen molar-refractivity contribution in [2.75, 3.05) is 4.90 Å². The molecule has 182 valence electrons. The van der Waals surface area contributed by atoms with Crippen molar-refractivity contribution < 1.29 is 4.79 Å². The van der Waals surface area contributed by atoms with Crippen LogP contribution in [0.25, 0.3) is 5.69 Å². The lowest BCUT2D eigenvalue weighted by Gasteiger charge is -2.43. The van der Waals surface area contributed by atoms with Crippen molar-refractivity contribution in [1.29, 1.82) is 5.26 Å². The summed E-state index contributed by atoms with van der Waals surface area (Å²) in [4.78, 5) is 15.7. The van der Waals surface area contributed by atoms with Crippen molar-refractivity contribution in [3.8, 4) is 11.8 Å². The first kappa shape index (κ1) is 24.4. The highest BCUT2D eigenvalue weighted by Gasteiger charge is 2.46. The molecule has 36 heavy (non-hydrogen) atoms. The molecule has 1 aliphatic heterocycles. The molecule has 0 amide bonds. The second kappa shape index (κ2) is 8.95. The first-order chi connectivity index (χ1) is 17.1. The predicted octanol–water partition coefficient (Wildman–Crippen LogP) is 6.54. The largest absolute Gasteiger partial charge is 0.384 e. The zero-order chi connectivity index (χ0) is 25.8. The Bertz CT molecular complexity index is 1480. The standard InChI is InChI=1S/C28H25BrClN5O/c1-16-23(26(30)35(33-16)19-7-5-4-6-8-19)24-20(15-31)27(32)34(18-11-9-17(29)10-12-18)21-13-28(2,3)14-22(36)25(21)24/h4-12,24H,13-14,32H2,1-3H3. The number of aryl methyl sites for hydroxylation is 1. The molecule has 0 spiro atoms. The average Bonchev–Trinajstić information content (AvgIpc) is 3.12. The Kier molecular flexibility index (Phi) is 6.06. The highest BCUT2D eigenvalue weighted by atomic mass is 79.9. The fourth-order valence-electron chi connectivity index (χ4n) is 5.26. The molecule has 0 radical (unpaired) electrons. The van der Waals surface area contributed by atoms with Gasteiger partial charge in [0, 0.05) is 33.4 Å². The molecule has 6 nitrogen and oxygen atoms in total. The molecule has 2 N–H and O–H groups in total. The Morgan fingerprint density at radius 3 is 2.42 bits per heavy atom. The molecule has 0 saturated carbocycles. The van der Waals surface area contributed by atoms with Gasteiger partial charge in [0.1, 0.15) is 11.0 Å². The lowest BCUT2D eigenvalue weighted by molar-refractivity contribution is -0.118. The topological polar surface area (TPSA) is 87.9 Å². The zero-order valence-electron chi connectivity index (χ0n) is 20.2. The van der Waals surface area contributed by atoms with Gasteiger partial charge in [-0.1, -0.05) is 59.6 Å². The second-order valence-corrected chi connectivity index (χ2v) is 11.3. The third kappa shape index (κ3) is 3.95. The van der Waals surface area contributed by atoms with Crippen LogP contribution in [-0.4, -0.2) is 15.6 Å². The summed E-state index contributed by atoms with van der Waals surface area (Å²) in [6.45, 7) is 6.01. The fourth-order valence-corrected chi connectivity index (χ4v) is 5.91. The minimum atomic E-state index is -0.690. The molecule has 2 aromatic carbocycles. The number of ketones is 1. The Balaban J connectivity index is 1.78. The summed E-state index contributed by atoms with van der Waals surface area (Å²) in [6, 6.07) is 19.6. The van der Waals surface area contributed by atoms with E-state index in [0.717, 1.165) is 21.5 Å². The summed E-state index contributed by atoms with van der Waals surface area (Å²) in [7, 11) is 0. The molecule has 0 saturated heterocycles. The van der Waals surface area contributed by atoms with Crippen molar-refractivity contribution in [1.82, 2.24) is 9.78 Å². The van der Waals surface area contributed by atoms with Gasteiger partial charge in [-0.2, -0.15) is 10.4 Å². The number of aromatic nitrogens is 2. The molecule has 1 aliphatic carbocycles. The third-order valence-corrected chi connectivity index (χ3v) is 7.70. The van der Waals surface area contributed by atoms with Gasteiger partial charge >= 0.3 is 0 Å². The highest BCUT2D eigenvalue weighted by molar-refractivity contribution is 9.10. The van der Waals surface area contributed by atoms with E-state index in [9.17, 15) is 10.1 Å². The quantitative estimate of drug-likeness (QED) is 0.392. The smallest absolute Gasteiger partial charge is 0.162 e. The second-order valence-electron chi connectivity index (χ2n) is 9.99. The number of rotatable bonds is 3. The van der Waals surface area contributed by atoms with E-state index < -0.39 is 5.92 Å². The predicted molar refractivity (Wildman–Crippen MR) is 145 cm³/mol. The molecule has 8 heteroatoms. The minimum absolute atomic E-state index is 0.00320. The number of benzene rings is 2. The Labute approximate surface area is 223 Å². The number of nitriles is 1. The van der Waals surface area contributed by atoms with Gasteiger partial charge in [-0.15, -0.1) is 0 Å². The van der Waals surface area contributed by atoms with Gasteiger partial charge in [0.25, 0.3) is 0 Å². The van der Waals surface area contributed by atoms with E-state index in [0.29, 0.717) is 46.2 Å². The van der Waals surface area contributed by atoms with E-state index in [-0.39, 0.29) is 11.2 Å². The van der Waals surface area contributed by atoms with Crippen molar-refractivity contribution in [2.45, 2.75) is 39.5 Å². The van der Waals surface area contributed by atoms with Crippen LogP contribution in [0, 0.1) is 23.7 Å². The number of hydrogen-bond acceptors (Lipinski definition) is 5. The van der Waals surface area contributed by atoms with Crippen LogP contribution in [0.4, 0.5) is 5.69 Å². The number of nitrogens with zero attached hydrogens (tertiary/aromatic N) is 4. The van der Waals surface area contributed by atoms with Gasteiger partial charge in [-0.05, 0) is 55.2 Å². The Morgan fingerprint density at radius 2 is 1.78 bits per heavy atom. The van der Waals surface area contributed by atoms with E-state index in [1.807, 2.05) is 66.4 Å². The van der Waals surface area contributed by atoms with Gasteiger partial charge in [0.15, 0.2) is 5.78 Å². The lowest BCUT2D eigenvalue weighted by Crippen LogP contribution is -2.42. The Morgan fingerprint density at radius 1 is 1.11 bits per heavy atom. The van der Waals surface area contributed by atoms with Crippen molar-refractivity contribution in [2.24, 2.45) is 11.1 Å². The van der Waals surface area contributed by atoms with E-state index in [1.54, 1.807) is 4.68 Å². The van der Waals surface area contributed by atoms with E-state index in [2.05, 4.69) is 40.9 Å². The number of hydrogen-bond donors (Lipinski definition) is 1. The molecule has 2 heterocycles. The minimum Gasteiger partial charge on any atom is -0.384 e. The third-order valence-electron chi connectivity index (χ3n) is 6.80. The number of Topliss-reactive ketones (excluding diaryl/α,β-unsaturated/α-hetero) is 1. The maximum absolute atomic E-state index is 13.8. The normalized spacial score (nSPS) is 19.4. The SMILES string of the molecule is Cc1nn(-c2ccccc2)c(Cl)c1C1C(C#N)=C(N)N(c2ccc(Br)cc2)C2=C1C(=O)CC(C)(C)C2. The molecule has 3 aromatic rings. The van der Waals surface area contributed by atoms with Crippen LogP contribution in [0.1, 0.15) is 43.9 Å². The van der Waals surface area contributed by atoms with E-state index in [4.69, 9.17) is 17.3 Å². The van der Waals surface area contributed by atoms with E-state index >= 15 is 0 Å². The van der Waals surface area contributed by atoms with Crippen LogP contribution in [0.15, 0.2) is 81.7 Å². The van der Waals surface area contributed by atoms with Gasteiger partial charge < -0.3 is 5.73 Å². The number of halogens is 2. The van der Waals surface area contributed by atoms with Crippen molar-refractivity contribution >= 4 is 39.0 Å². The van der Waals surface area contributed by atoms with Gasteiger partial charge in [0.05, 0.1) is 28.9 Å². The number of carbonyl (C=O) groups is 1. The molecule has 0 bridgehead atoms. The summed E-state index contributed by atoms with van der Waals surface area (Å²) < 4.78 is 2.57. The van der Waals surface area contributed by atoms with Gasteiger partial charge in [-0.25, -0.2) is 4.68 Å². The van der Waals surface area contributed by atoms with Gasteiger partial charge in [-0.3, -0.25) is 9.69 Å². The zero-order valence-corrected chi connectivity index (χ0v) is 22.6. The molecular formula is C28H25BrClN5O. The molecule has 5 rings (SSSR count). The monoisotopic (exact) mass is 561 g/mol. The Hall–Kier alpha value is -3.34. The summed E-state index contributed by atoms with van der Waals surface area (Å²) in [5.41, 5.74) is 11.0. The molecule has 1 atom stereocenters. The molecule has 2 aliphatic rings. The number of carbonyl (C=O) groups excluding carboxylic acids is 1. The van der Waals surface area contributed by atoms with Crippen LogP contribution >= 0.6 is 27.5 Å². The van der Waals surface area contributed by atoms with Crippen LogP contribution in [0.5, 0.6) is 0 Å². The number of allylic oxidation sites excluding steroid dienone is 3. The van der Waals surface area contributed by atoms with Crippen LogP contribution in [-0.2, 0) is 4.79 Å². The number of nitrogens with two attached hydrogens (primary N) is 1. The van der Waals surface area contributed by atoms with Crippen LogP contribution in [0.2, 0.25) is 5.15 Å². The fraction of sp³-hybridized carbons (Fsp3) is 0.250. The van der Waals surface area contributed by atoms with Crippen molar-refractivity contribution in [3.63, 3.8) is 0 Å². The summed E-state index contributed by atoms with van der Waals surface area (Å²) in [5, 5.41) is 15.4. The first-order valence-corrected chi connectivity index (χ1v) is 12.8. The first-order valence-electron chi connectivity index (χ1n) is 11.6. The lowest BCUT2D eigenvalue weighted by atomic mass is 9.68. The van der Waals surface area contributed by atoms with Crippen LogP contribution < -0.4 is 10.6 Å². The highest BCUT2D eigenvalue weighted by Crippen LogP contribution is 2.51. The van der Waals surface area contributed by atoms with Crippen molar-refractivity contribution in [3.05, 3.63) is 98.1 Å². The molecule has 1 aromatic heterocycles. The molecule has 1 unspecified atom stereocenters. The summed E-state index contributed by atoms with van der Waals surface area (Å²) in [6.07, 6.45) is 1.00. The summed E-state index contributed by atoms with van der Waals surface area (Å²) in [5.74, 6) is -0.390. The van der Waals surface area contributed by atoms with Gasteiger partial charge in [0.2, 0.25) is 0 Å². The van der Waals surface area contributed by atoms with Crippen LogP contribution in [0.3, 0.4) is 0 Å². The number of para-hydroxylation sites is 1. The number of anilines is 1. The maximum Gasteiger partial charge on any atom is 0.162 e. The summed E-state index contributed by atoms with van der Waals surface area (Å²) >= 11 is 10.4. The van der Waals surface area contributed by atoms with E-state index in [1.165, 1.54) is 0 Å². The average molecular weight is 563 g/mol.